The molecular weight excluding hydrogens is 330 g/mol. The maximum Gasteiger partial charge on any atom is 0.338 e. The van der Waals surface area contributed by atoms with Crippen molar-refractivity contribution in [1.82, 2.24) is 14.9 Å². The van der Waals surface area contributed by atoms with Gasteiger partial charge in [0.05, 0.1) is 18.4 Å². The van der Waals surface area contributed by atoms with Crippen molar-refractivity contribution in [3.63, 3.8) is 0 Å². The average molecular weight is 355 g/mol. The van der Waals surface area contributed by atoms with Gasteiger partial charge in [-0.15, -0.1) is 0 Å². The molecule has 1 fully saturated rings. The molecule has 2 N–H and O–H groups in total. The summed E-state index contributed by atoms with van der Waals surface area (Å²) in [6, 6.07) is 6.60. The second kappa shape index (κ2) is 9.12. The molecule has 0 spiro atoms. The zero-order chi connectivity index (χ0) is 17.4. The van der Waals surface area contributed by atoms with Gasteiger partial charge in [-0.1, -0.05) is 18.2 Å². The van der Waals surface area contributed by atoms with E-state index in [0.29, 0.717) is 12.1 Å². The van der Waals surface area contributed by atoms with Gasteiger partial charge < -0.3 is 15.0 Å². The van der Waals surface area contributed by atoms with Crippen LogP contribution in [0.5, 0.6) is 0 Å². The lowest BCUT2D eigenvalue weighted by Gasteiger charge is -2.27. The van der Waals surface area contributed by atoms with E-state index in [9.17, 15) is 13.2 Å². The standard InChI is InChI=1S/C16H25N3O4S/c1-23-16(20)15-6-3-2-5-14(15)13-24(21,22)18-7-4-10-19-11-8-17-9-12-19/h2-3,5-6,17-18H,4,7-13H2,1H3. The molecule has 1 aliphatic heterocycles. The van der Waals surface area contributed by atoms with Gasteiger partial charge in [-0.3, -0.25) is 0 Å². The van der Waals surface area contributed by atoms with Crippen molar-refractivity contribution < 1.29 is 17.9 Å². The first-order valence-corrected chi connectivity index (χ1v) is 9.74. The van der Waals surface area contributed by atoms with Gasteiger partial charge in [0.15, 0.2) is 0 Å². The zero-order valence-electron chi connectivity index (χ0n) is 14.0. The number of sulfonamides is 1. The highest BCUT2D eigenvalue weighted by atomic mass is 32.2. The maximum atomic E-state index is 12.2. The summed E-state index contributed by atoms with van der Waals surface area (Å²) >= 11 is 0. The molecule has 24 heavy (non-hydrogen) atoms. The highest BCUT2D eigenvalue weighted by Crippen LogP contribution is 2.13. The minimum Gasteiger partial charge on any atom is -0.465 e. The second-order valence-corrected chi connectivity index (χ2v) is 7.55. The van der Waals surface area contributed by atoms with Crippen molar-refractivity contribution >= 4 is 16.0 Å². The summed E-state index contributed by atoms with van der Waals surface area (Å²) in [5.41, 5.74) is 0.727. The van der Waals surface area contributed by atoms with Crippen molar-refractivity contribution in [3.8, 4) is 0 Å². The number of hydrogen-bond donors (Lipinski definition) is 2. The Kier molecular flexibility index (Phi) is 7.16. The Labute approximate surface area is 143 Å². The Hall–Kier alpha value is -1.48. The smallest absolute Gasteiger partial charge is 0.338 e. The number of nitrogens with one attached hydrogen (secondary N) is 2. The molecule has 1 aliphatic rings. The molecule has 0 atom stereocenters. The molecule has 0 radical (unpaired) electrons. The molecule has 1 heterocycles. The van der Waals surface area contributed by atoms with Crippen LogP contribution in [-0.2, 0) is 20.5 Å². The third-order valence-electron chi connectivity index (χ3n) is 3.95. The summed E-state index contributed by atoms with van der Waals surface area (Å²) in [5, 5.41) is 3.28. The van der Waals surface area contributed by atoms with Crippen molar-refractivity contribution in [2.75, 3.05) is 46.4 Å². The van der Waals surface area contributed by atoms with Crippen LogP contribution in [0, 0.1) is 0 Å². The van der Waals surface area contributed by atoms with E-state index in [2.05, 4.69) is 14.9 Å². The molecule has 0 saturated carbocycles. The van der Waals surface area contributed by atoms with E-state index < -0.39 is 16.0 Å². The van der Waals surface area contributed by atoms with Crippen LogP contribution < -0.4 is 10.0 Å². The molecule has 0 bridgehead atoms. The molecular formula is C16H25N3O4S. The summed E-state index contributed by atoms with van der Waals surface area (Å²) < 4.78 is 31.8. The number of hydrogen-bond acceptors (Lipinski definition) is 6. The van der Waals surface area contributed by atoms with Gasteiger partial charge in [-0.05, 0) is 24.6 Å². The van der Waals surface area contributed by atoms with E-state index in [-0.39, 0.29) is 11.3 Å². The van der Waals surface area contributed by atoms with Gasteiger partial charge in [0, 0.05) is 32.7 Å². The van der Waals surface area contributed by atoms with Crippen molar-refractivity contribution in [2.24, 2.45) is 0 Å². The number of carbonyl (C=O) groups is 1. The van der Waals surface area contributed by atoms with E-state index in [1.165, 1.54) is 7.11 Å². The van der Waals surface area contributed by atoms with Crippen LogP contribution in [0.15, 0.2) is 24.3 Å². The number of carbonyl (C=O) groups excluding carboxylic acids is 1. The van der Waals surface area contributed by atoms with Crippen molar-refractivity contribution in [1.29, 1.82) is 0 Å². The van der Waals surface area contributed by atoms with Gasteiger partial charge in [-0.2, -0.15) is 0 Å². The normalized spacial score (nSPS) is 16.0. The minimum absolute atomic E-state index is 0.230. The Balaban J connectivity index is 1.84. The van der Waals surface area contributed by atoms with Crippen LogP contribution in [0.25, 0.3) is 0 Å². The molecule has 1 aromatic carbocycles. The zero-order valence-corrected chi connectivity index (χ0v) is 14.8. The Bertz CT molecular complexity index is 642. The minimum atomic E-state index is -3.49. The largest absolute Gasteiger partial charge is 0.465 e. The van der Waals surface area contributed by atoms with Crippen molar-refractivity contribution in [2.45, 2.75) is 12.2 Å². The number of nitrogens with zero attached hydrogens (tertiary/aromatic N) is 1. The fraction of sp³-hybridized carbons (Fsp3) is 0.562. The number of methoxy groups -OCH3 is 1. The van der Waals surface area contributed by atoms with E-state index in [4.69, 9.17) is 4.74 Å². The van der Waals surface area contributed by atoms with Crippen LogP contribution in [0.4, 0.5) is 0 Å². The predicted molar refractivity (Wildman–Crippen MR) is 92.3 cm³/mol. The molecule has 0 unspecified atom stereocenters. The summed E-state index contributed by atoms with van der Waals surface area (Å²) in [7, 11) is -2.21. The van der Waals surface area contributed by atoms with Gasteiger partial charge in [0.2, 0.25) is 10.0 Å². The first kappa shape index (κ1) is 18.9. The van der Waals surface area contributed by atoms with Crippen LogP contribution >= 0.6 is 0 Å². The van der Waals surface area contributed by atoms with Gasteiger partial charge >= 0.3 is 5.97 Å². The van der Waals surface area contributed by atoms with Crippen LogP contribution in [-0.4, -0.2) is 65.7 Å². The van der Waals surface area contributed by atoms with E-state index in [1.807, 2.05) is 0 Å². The van der Waals surface area contributed by atoms with E-state index >= 15 is 0 Å². The first-order valence-electron chi connectivity index (χ1n) is 8.08. The Morgan fingerprint density at radius 3 is 2.71 bits per heavy atom. The molecule has 134 valence electrons. The monoisotopic (exact) mass is 355 g/mol. The van der Waals surface area contributed by atoms with Crippen LogP contribution in [0.1, 0.15) is 22.3 Å². The van der Waals surface area contributed by atoms with Gasteiger partial charge in [0.1, 0.15) is 0 Å². The maximum absolute atomic E-state index is 12.2. The lowest BCUT2D eigenvalue weighted by molar-refractivity contribution is 0.0600. The quantitative estimate of drug-likeness (QED) is 0.511. The predicted octanol–water partition coefficient (Wildman–Crippen LogP) is 0.188. The number of rotatable bonds is 8. The van der Waals surface area contributed by atoms with Gasteiger partial charge in [-0.25, -0.2) is 17.9 Å². The SMILES string of the molecule is COC(=O)c1ccccc1CS(=O)(=O)NCCCN1CCNCC1. The van der Waals surface area contributed by atoms with Crippen LogP contribution in [0.2, 0.25) is 0 Å². The first-order chi connectivity index (χ1) is 11.5. The highest BCUT2D eigenvalue weighted by Gasteiger charge is 2.18. The third kappa shape index (κ3) is 5.86. The molecule has 0 aromatic heterocycles. The molecule has 1 aromatic rings. The topological polar surface area (TPSA) is 87.7 Å². The number of piperazine rings is 1. The fourth-order valence-electron chi connectivity index (χ4n) is 2.68. The summed E-state index contributed by atoms with van der Waals surface area (Å²) in [6.45, 7) is 5.24. The van der Waals surface area contributed by atoms with E-state index in [1.54, 1.807) is 24.3 Å². The average Bonchev–Trinajstić information content (AvgIpc) is 2.59. The second-order valence-electron chi connectivity index (χ2n) is 5.75. The number of ether oxygens (including phenoxy) is 1. The van der Waals surface area contributed by atoms with Crippen LogP contribution in [0.3, 0.4) is 0 Å². The number of benzene rings is 1. The van der Waals surface area contributed by atoms with Gasteiger partial charge in [0.25, 0.3) is 0 Å². The molecule has 0 aliphatic carbocycles. The lowest BCUT2D eigenvalue weighted by atomic mass is 10.1. The Morgan fingerprint density at radius 2 is 2.00 bits per heavy atom. The molecule has 8 heteroatoms. The number of esters is 1. The molecule has 1 saturated heterocycles. The lowest BCUT2D eigenvalue weighted by Crippen LogP contribution is -2.44. The molecule has 7 nitrogen and oxygen atoms in total. The molecule has 0 amide bonds. The summed E-state index contributed by atoms with van der Waals surface area (Å²) in [4.78, 5) is 14.0. The summed E-state index contributed by atoms with van der Waals surface area (Å²) in [6.07, 6.45) is 0.762. The molecule has 2 rings (SSSR count). The Morgan fingerprint density at radius 1 is 1.29 bits per heavy atom. The summed E-state index contributed by atoms with van der Waals surface area (Å²) in [5.74, 6) is -0.758. The highest BCUT2D eigenvalue weighted by molar-refractivity contribution is 7.88. The fourth-order valence-corrected chi connectivity index (χ4v) is 3.89. The third-order valence-corrected chi connectivity index (χ3v) is 5.29. The van der Waals surface area contributed by atoms with Crippen molar-refractivity contribution in [3.05, 3.63) is 35.4 Å². The van der Waals surface area contributed by atoms with E-state index in [0.717, 1.165) is 39.1 Å².